The van der Waals surface area contributed by atoms with E-state index in [-0.39, 0.29) is 6.04 Å². The average Bonchev–Trinajstić information content (AvgIpc) is 2.92. The zero-order valence-corrected chi connectivity index (χ0v) is 13.0. The highest BCUT2D eigenvalue weighted by Crippen LogP contribution is 2.26. The van der Waals surface area contributed by atoms with Crippen LogP contribution in [0.2, 0.25) is 0 Å². The maximum Gasteiger partial charge on any atom is 0.0750 e. The van der Waals surface area contributed by atoms with E-state index in [0.29, 0.717) is 0 Å². The number of hydrogen-bond acceptors (Lipinski definition) is 2. The van der Waals surface area contributed by atoms with Crippen molar-refractivity contribution >= 4 is 0 Å². The topological polar surface area (TPSA) is 29.9 Å². The molecule has 0 aliphatic carbocycles. The molecule has 0 saturated carbocycles. The lowest BCUT2D eigenvalue weighted by Gasteiger charge is -2.22. The summed E-state index contributed by atoms with van der Waals surface area (Å²) in [5.74, 6) is 0. The van der Waals surface area contributed by atoms with E-state index < -0.39 is 0 Å². The molecular formula is C17H25N3. The van der Waals surface area contributed by atoms with Crippen LogP contribution in [0.1, 0.15) is 48.7 Å². The smallest absolute Gasteiger partial charge is 0.0750 e. The number of nitrogens with zero attached hydrogens (tertiary/aromatic N) is 2. The molecule has 3 nitrogen and oxygen atoms in total. The number of aromatic nitrogens is 2. The first kappa shape index (κ1) is 14.8. The fraction of sp³-hybridized carbons (Fsp3) is 0.471. The summed E-state index contributed by atoms with van der Waals surface area (Å²) in [6.45, 7) is 10.6. The van der Waals surface area contributed by atoms with Crippen LogP contribution >= 0.6 is 0 Å². The number of benzene rings is 1. The minimum absolute atomic E-state index is 0.220. The molecule has 1 heterocycles. The zero-order valence-electron chi connectivity index (χ0n) is 13.0. The van der Waals surface area contributed by atoms with Gasteiger partial charge in [0.25, 0.3) is 0 Å². The zero-order chi connectivity index (χ0) is 14.5. The molecule has 3 heteroatoms. The number of hydrogen-bond donors (Lipinski definition) is 1. The predicted molar refractivity (Wildman–Crippen MR) is 84.0 cm³/mol. The third-order valence-corrected chi connectivity index (χ3v) is 3.90. The van der Waals surface area contributed by atoms with Crippen LogP contribution in [0.25, 0.3) is 0 Å². The van der Waals surface area contributed by atoms with Crippen molar-refractivity contribution in [3.05, 3.63) is 52.8 Å². The number of aryl methyl sites for hydroxylation is 2. The molecule has 0 bridgehead atoms. The van der Waals surface area contributed by atoms with E-state index in [0.717, 1.165) is 19.5 Å². The third-order valence-electron chi connectivity index (χ3n) is 3.90. The minimum atomic E-state index is 0.220. The fourth-order valence-electron chi connectivity index (χ4n) is 2.60. The van der Waals surface area contributed by atoms with Gasteiger partial charge in [0.2, 0.25) is 0 Å². The molecule has 1 aromatic carbocycles. The van der Waals surface area contributed by atoms with Crippen LogP contribution in [0, 0.1) is 13.8 Å². The summed E-state index contributed by atoms with van der Waals surface area (Å²) in [4.78, 5) is 0. The van der Waals surface area contributed by atoms with Crippen LogP contribution in [-0.4, -0.2) is 16.3 Å². The molecule has 0 radical (unpaired) electrons. The average molecular weight is 271 g/mol. The second kappa shape index (κ2) is 6.71. The van der Waals surface area contributed by atoms with Crippen LogP contribution in [-0.2, 0) is 6.54 Å². The molecular weight excluding hydrogens is 246 g/mol. The Hall–Kier alpha value is -1.61. The number of nitrogens with one attached hydrogen (secondary N) is 1. The van der Waals surface area contributed by atoms with E-state index in [4.69, 9.17) is 0 Å². The van der Waals surface area contributed by atoms with Gasteiger partial charge in [-0.2, -0.15) is 5.10 Å². The van der Waals surface area contributed by atoms with Crippen LogP contribution in [0.3, 0.4) is 0 Å². The van der Waals surface area contributed by atoms with Crippen molar-refractivity contribution in [3.8, 4) is 0 Å². The molecule has 1 atom stereocenters. The van der Waals surface area contributed by atoms with Crippen molar-refractivity contribution in [3.63, 3.8) is 0 Å². The lowest BCUT2D eigenvalue weighted by Crippen LogP contribution is -2.26. The summed E-state index contributed by atoms with van der Waals surface area (Å²) >= 11 is 0. The van der Waals surface area contributed by atoms with Gasteiger partial charge in [0.05, 0.1) is 11.7 Å². The summed E-state index contributed by atoms with van der Waals surface area (Å²) < 4.78 is 2.08. The predicted octanol–water partition coefficient (Wildman–Crippen LogP) is 3.61. The molecule has 0 fully saturated rings. The fourth-order valence-corrected chi connectivity index (χ4v) is 2.60. The molecule has 108 valence electrons. The first-order valence-corrected chi connectivity index (χ1v) is 7.50. The van der Waals surface area contributed by atoms with Gasteiger partial charge in [0.1, 0.15) is 0 Å². The molecule has 0 spiro atoms. The van der Waals surface area contributed by atoms with Crippen LogP contribution in [0.5, 0.6) is 0 Å². The van der Waals surface area contributed by atoms with E-state index >= 15 is 0 Å². The Balaban J connectivity index is 2.44. The third kappa shape index (κ3) is 2.93. The molecule has 2 aromatic rings. The standard InChI is InChI=1S/C17H25N3/c1-5-11-18-17(16-10-12-19-20(16)6-2)15-9-7-8-13(3)14(15)4/h7-10,12,17-18H,5-6,11H2,1-4H3. The van der Waals surface area contributed by atoms with Gasteiger partial charge < -0.3 is 5.32 Å². The summed E-state index contributed by atoms with van der Waals surface area (Å²) in [6.07, 6.45) is 3.02. The van der Waals surface area contributed by atoms with Crippen molar-refractivity contribution < 1.29 is 0 Å². The van der Waals surface area contributed by atoms with E-state index in [1.54, 1.807) is 0 Å². The lowest BCUT2D eigenvalue weighted by molar-refractivity contribution is 0.528. The number of rotatable bonds is 6. The lowest BCUT2D eigenvalue weighted by atomic mass is 9.95. The van der Waals surface area contributed by atoms with Gasteiger partial charge in [-0.25, -0.2) is 0 Å². The molecule has 0 aliphatic rings. The highest BCUT2D eigenvalue weighted by atomic mass is 15.3. The Bertz CT molecular complexity index is 557. The van der Waals surface area contributed by atoms with Gasteiger partial charge in [-0.3, -0.25) is 4.68 Å². The molecule has 20 heavy (non-hydrogen) atoms. The molecule has 0 amide bonds. The molecule has 1 N–H and O–H groups in total. The Morgan fingerprint density at radius 2 is 2.00 bits per heavy atom. The van der Waals surface area contributed by atoms with Crippen molar-refractivity contribution in [2.45, 2.75) is 46.7 Å². The maximum absolute atomic E-state index is 4.42. The molecule has 1 unspecified atom stereocenters. The highest BCUT2D eigenvalue weighted by molar-refractivity contribution is 5.39. The molecule has 0 saturated heterocycles. The molecule has 0 aliphatic heterocycles. The van der Waals surface area contributed by atoms with Gasteiger partial charge >= 0.3 is 0 Å². The maximum atomic E-state index is 4.42. The first-order valence-electron chi connectivity index (χ1n) is 7.50. The monoisotopic (exact) mass is 271 g/mol. The van der Waals surface area contributed by atoms with Crippen molar-refractivity contribution in [1.82, 2.24) is 15.1 Å². The van der Waals surface area contributed by atoms with Gasteiger partial charge in [-0.15, -0.1) is 0 Å². The van der Waals surface area contributed by atoms with Gasteiger partial charge in [0.15, 0.2) is 0 Å². The normalized spacial score (nSPS) is 12.6. The largest absolute Gasteiger partial charge is 0.305 e. The van der Waals surface area contributed by atoms with E-state index in [2.05, 4.69) is 67.1 Å². The molecule has 2 rings (SSSR count). The van der Waals surface area contributed by atoms with E-state index in [9.17, 15) is 0 Å². The Morgan fingerprint density at radius 3 is 2.70 bits per heavy atom. The van der Waals surface area contributed by atoms with E-state index in [1.165, 1.54) is 22.4 Å². The Morgan fingerprint density at radius 1 is 1.20 bits per heavy atom. The second-order valence-corrected chi connectivity index (χ2v) is 5.25. The van der Waals surface area contributed by atoms with Crippen molar-refractivity contribution in [2.24, 2.45) is 0 Å². The second-order valence-electron chi connectivity index (χ2n) is 5.25. The van der Waals surface area contributed by atoms with Crippen molar-refractivity contribution in [2.75, 3.05) is 6.54 Å². The van der Waals surface area contributed by atoms with Gasteiger partial charge in [-0.05, 0) is 56.5 Å². The summed E-state index contributed by atoms with van der Waals surface area (Å²) in [6, 6.07) is 8.89. The minimum Gasteiger partial charge on any atom is -0.305 e. The highest BCUT2D eigenvalue weighted by Gasteiger charge is 2.19. The summed E-state index contributed by atoms with van der Waals surface area (Å²) in [5, 5.41) is 8.09. The van der Waals surface area contributed by atoms with Gasteiger partial charge in [0, 0.05) is 12.7 Å². The van der Waals surface area contributed by atoms with Crippen molar-refractivity contribution in [1.29, 1.82) is 0 Å². The van der Waals surface area contributed by atoms with Gasteiger partial charge in [-0.1, -0.05) is 25.1 Å². The quantitative estimate of drug-likeness (QED) is 0.870. The Kier molecular flexibility index (Phi) is 4.96. The Labute approximate surface area is 122 Å². The van der Waals surface area contributed by atoms with E-state index in [1.807, 2.05) is 6.20 Å². The van der Waals surface area contributed by atoms with Crippen LogP contribution in [0.15, 0.2) is 30.5 Å². The first-order chi connectivity index (χ1) is 9.69. The molecule has 1 aromatic heterocycles. The SMILES string of the molecule is CCCNC(c1cccc(C)c1C)c1ccnn1CC. The van der Waals surface area contributed by atoms with Crippen LogP contribution < -0.4 is 5.32 Å². The summed E-state index contributed by atoms with van der Waals surface area (Å²) in [7, 11) is 0. The van der Waals surface area contributed by atoms with Crippen LogP contribution in [0.4, 0.5) is 0 Å². The summed E-state index contributed by atoms with van der Waals surface area (Å²) in [5.41, 5.74) is 5.31.